The van der Waals surface area contributed by atoms with Gasteiger partial charge in [-0.2, -0.15) is 0 Å². The molecule has 1 rings (SSSR count). The molecule has 0 saturated heterocycles. The molecular weight excluding hydrogens is 178 g/mol. The van der Waals surface area contributed by atoms with Gasteiger partial charge in [0.1, 0.15) is 5.82 Å². The normalized spacial score (nSPS) is 9.57. The largest absolute Gasteiger partial charge is 0.338 e. The summed E-state index contributed by atoms with van der Waals surface area (Å²) in [6.07, 6.45) is 0.925. The molecule has 0 unspecified atom stereocenters. The summed E-state index contributed by atoms with van der Waals surface area (Å²) in [5.41, 5.74) is 0.887. The van der Waals surface area contributed by atoms with Crippen LogP contribution in [0.15, 0.2) is 18.2 Å². The van der Waals surface area contributed by atoms with Gasteiger partial charge in [-0.1, -0.05) is 13.0 Å². The molecule has 2 amide bonds. The maximum atomic E-state index is 11.2. The van der Waals surface area contributed by atoms with Crippen LogP contribution in [0.5, 0.6) is 0 Å². The predicted octanol–water partition coefficient (Wildman–Crippen LogP) is 1.92. The van der Waals surface area contributed by atoms with Crippen LogP contribution in [0.2, 0.25) is 0 Å². The first-order chi connectivity index (χ1) is 6.72. The van der Waals surface area contributed by atoms with Crippen molar-refractivity contribution < 1.29 is 4.79 Å². The topological polar surface area (TPSA) is 54.0 Å². The molecule has 0 spiro atoms. The van der Waals surface area contributed by atoms with Gasteiger partial charge in [0, 0.05) is 12.2 Å². The number of carbonyl (C=O) groups is 1. The van der Waals surface area contributed by atoms with Crippen molar-refractivity contribution >= 4 is 11.8 Å². The molecule has 1 heterocycles. The number of carbonyl (C=O) groups excluding carboxylic acids is 1. The molecule has 0 atom stereocenters. The van der Waals surface area contributed by atoms with Crippen LogP contribution < -0.4 is 10.6 Å². The van der Waals surface area contributed by atoms with E-state index in [4.69, 9.17) is 0 Å². The minimum atomic E-state index is -0.204. The van der Waals surface area contributed by atoms with E-state index in [1.807, 2.05) is 26.0 Å². The van der Waals surface area contributed by atoms with Gasteiger partial charge < -0.3 is 5.32 Å². The number of nitrogens with zero attached hydrogens (tertiary/aromatic N) is 1. The number of pyridine rings is 1. The van der Waals surface area contributed by atoms with E-state index >= 15 is 0 Å². The lowest BCUT2D eigenvalue weighted by Gasteiger charge is -2.05. The molecule has 4 nitrogen and oxygen atoms in total. The van der Waals surface area contributed by atoms with Crippen LogP contribution in [0, 0.1) is 6.92 Å². The molecule has 0 aromatic carbocycles. The van der Waals surface area contributed by atoms with Gasteiger partial charge in [-0.25, -0.2) is 9.78 Å². The average molecular weight is 193 g/mol. The van der Waals surface area contributed by atoms with Crippen LogP contribution in [0.3, 0.4) is 0 Å². The van der Waals surface area contributed by atoms with Crippen molar-refractivity contribution in [1.82, 2.24) is 10.3 Å². The van der Waals surface area contributed by atoms with Crippen LogP contribution in [0.1, 0.15) is 19.0 Å². The molecule has 0 fully saturated rings. The zero-order valence-corrected chi connectivity index (χ0v) is 8.50. The number of aryl methyl sites for hydroxylation is 1. The van der Waals surface area contributed by atoms with E-state index in [1.54, 1.807) is 6.07 Å². The molecule has 1 aromatic heterocycles. The fourth-order valence-electron chi connectivity index (χ4n) is 1.01. The van der Waals surface area contributed by atoms with Crippen LogP contribution >= 0.6 is 0 Å². The lowest BCUT2D eigenvalue weighted by Crippen LogP contribution is -2.29. The van der Waals surface area contributed by atoms with E-state index in [0.29, 0.717) is 12.4 Å². The molecule has 0 aliphatic carbocycles. The second kappa shape index (κ2) is 5.21. The molecule has 0 aliphatic heterocycles. The molecule has 76 valence electrons. The number of nitrogens with one attached hydrogen (secondary N) is 2. The Balaban J connectivity index is 2.47. The first-order valence-electron chi connectivity index (χ1n) is 4.71. The fourth-order valence-corrected chi connectivity index (χ4v) is 1.01. The molecule has 0 bridgehead atoms. The van der Waals surface area contributed by atoms with Gasteiger partial charge in [-0.3, -0.25) is 5.32 Å². The zero-order valence-electron chi connectivity index (χ0n) is 8.50. The fraction of sp³-hybridized carbons (Fsp3) is 0.400. The summed E-state index contributed by atoms with van der Waals surface area (Å²) < 4.78 is 0. The highest BCUT2D eigenvalue weighted by Crippen LogP contribution is 2.02. The number of amides is 2. The van der Waals surface area contributed by atoms with Crippen LogP contribution in [0.25, 0.3) is 0 Å². The van der Waals surface area contributed by atoms with Crippen molar-refractivity contribution in [2.75, 3.05) is 11.9 Å². The number of aromatic nitrogens is 1. The third-order valence-electron chi connectivity index (χ3n) is 1.67. The summed E-state index contributed by atoms with van der Waals surface area (Å²) >= 11 is 0. The highest BCUT2D eigenvalue weighted by molar-refractivity contribution is 5.88. The third kappa shape index (κ3) is 3.43. The first-order valence-corrected chi connectivity index (χ1v) is 4.71. The summed E-state index contributed by atoms with van der Waals surface area (Å²) in [7, 11) is 0. The number of hydrogen-bond donors (Lipinski definition) is 2. The van der Waals surface area contributed by atoms with Gasteiger partial charge >= 0.3 is 6.03 Å². The Morgan fingerprint density at radius 2 is 2.29 bits per heavy atom. The minimum Gasteiger partial charge on any atom is -0.338 e. The first kappa shape index (κ1) is 10.5. The number of anilines is 1. The maximum absolute atomic E-state index is 11.2. The average Bonchev–Trinajstić information content (AvgIpc) is 2.15. The van der Waals surface area contributed by atoms with Crippen molar-refractivity contribution in [3.63, 3.8) is 0 Å². The number of hydrogen-bond acceptors (Lipinski definition) is 2. The summed E-state index contributed by atoms with van der Waals surface area (Å²) in [4.78, 5) is 15.4. The van der Waals surface area contributed by atoms with Gasteiger partial charge in [0.25, 0.3) is 0 Å². The van der Waals surface area contributed by atoms with Gasteiger partial charge in [-0.15, -0.1) is 0 Å². The second-order valence-electron chi connectivity index (χ2n) is 3.05. The smallest absolute Gasteiger partial charge is 0.320 e. The van der Waals surface area contributed by atoms with Crippen molar-refractivity contribution in [2.45, 2.75) is 20.3 Å². The lowest BCUT2D eigenvalue weighted by molar-refractivity contribution is 0.252. The van der Waals surface area contributed by atoms with Crippen molar-refractivity contribution in [2.24, 2.45) is 0 Å². The Morgan fingerprint density at radius 3 is 2.93 bits per heavy atom. The van der Waals surface area contributed by atoms with E-state index in [0.717, 1.165) is 12.1 Å². The van der Waals surface area contributed by atoms with Crippen molar-refractivity contribution in [3.8, 4) is 0 Å². The highest BCUT2D eigenvalue weighted by Gasteiger charge is 2.00. The highest BCUT2D eigenvalue weighted by atomic mass is 16.2. The quantitative estimate of drug-likeness (QED) is 0.770. The molecule has 2 N–H and O–H groups in total. The molecule has 0 saturated carbocycles. The molecule has 14 heavy (non-hydrogen) atoms. The summed E-state index contributed by atoms with van der Waals surface area (Å²) in [6.45, 7) is 4.57. The Morgan fingerprint density at radius 1 is 1.50 bits per heavy atom. The summed E-state index contributed by atoms with van der Waals surface area (Å²) in [5.74, 6) is 0.582. The van der Waals surface area contributed by atoms with Gasteiger partial charge in [0.2, 0.25) is 0 Å². The van der Waals surface area contributed by atoms with Crippen LogP contribution in [-0.4, -0.2) is 17.6 Å². The maximum Gasteiger partial charge on any atom is 0.320 e. The van der Waals surface area contributed by atoms with E-state index in [1.165, 1.54) is 0 Å². The molecule has 0 aliphatic rings. The number of urea groups is 1. The lowest BCUT2D eigenvalue weighted by atomic mass is 10.4. The SMILES string of the molecule is CCCNC(=O)Nc1cccc(C)n1. The van der Waals surface area contributed by atoms with Gasteiger partial charge in [0.15, 0.2) is 0 Å². The van der Waals surface area contributed by atoms with Gasteiger partial charge in [0.05, 0.1) is 0 Å². The van der Waals surface area contributed by atoms with Crippen molar-refractivity contribution in [1.29, 1.82) is 0 Å². The van der Waals surface area contributed by atoms with E-state index < -0.39 is 0 Å². The third-order valence-corrected chi connectivity index (χ3v) is 1.67. The standard InChI is InChI=1S/C10H15N3O/c1-3-7-11-10(14)13-9-6-4-5-8(2)12-9/h4-6H,3,7H2,1-2H3,(H2,11,12,13,14). The Labute approximate surface area is 83.7 Å². The molecule has 1 aromatic rings. The van der Waals surface area contributed by atoms with E-state index in [2.05, 4.69) is 15.6 Å². The summed E-state index contributed by atoms with van der Waals surface area (Å²) in [5, 5.41) is 5.37. The second-order valence-corrected chi connectivity index (χ2v) is 3.05. The Kier molecular flexibility index (Phi) is 3.91. The van der Waals surface area contributed by atoms with Crippen LogP contribution in [0.4, 0.5) is 10.6 Å². The van der Waals surface area contributed by atoms with Crippen molar-refractivity contribution in [3.05, 3.63) is 23.9 Å². The minimum absolute atomic E-state index is 0.204. The number of rotatable bonds is 3. The monoisotopic (exact) mass is 193 g/mol. The van der Waals surface area contributed by atoms with Gasteiger partial charge in [-0.05, 0) is 25.5 Å². The summed E-state index contributed by atoms with van der Waals surface area (Å²) in [6, 6.07) is 5.30. The molecular formula is C10H15N3O. The van der Waals surface area contributed by atoms with E-state index in [9.17, 15) is 4.79 Å². The predicted molar refractivity (Wildman–Crippen MR) is 56.3 cm³/mol. The van der Waals surface area contributed by atoms with Crippen LogP contribution in [-0.2, 0) is 0 Å². The molecule has 4 heteroatoms. The Hall–Kier alpha value is -1.58. The molecule has 0 radical (unpaired) electrons. The zero-order chi connectivity index (χ0) is 10.4. The van der Waals surface area contributed by atoms with E-state index in [-0.39, 0.29) is 6.03 Å². The Bertz CT molecular complexity index is 312.